The molecule has 1 atom stereocenters. The van der Waals surface area contributed by atoms with Gasteiger partial charge in [0.25, 0.3) is 5.91 Å². The maximum atomic E-state index is 12.9. The maximum absolute atomic E-state index is 12.9. The number of carbonyl (C=O) groups excluding carboxylic acids is 2. The minimum Gasteiger partial charge on any atom is -0.497 e. The third-order valence-electron chi connectivity index (χ3n) is 4.21. The van der Waals surface area contributed by atoms with Crippen LogP contribution in [0.4, 0.5) is 0 Å². The normalized spacial score (nSPS) is 11.4. The molecule has 0 aliphatic rings. The number of methoxy groups -OCH3 is 2. The molecule has 0 spiro atoms. The van der Waals surface area contributed by atoms with Gasteiger partial charge in [-0.25, -0.2) is 4.79 Å². The van der Waals surface area contributed by atoms with Gasteiger partial charge in [-0.1, -0.05) is 30.3 Å². The molecule has 2 rings (SSSR count). The van der Waals surface area contributed by atoms with Crippen LogP contribution in [0, 0.1) is 0 Å². The van der Waals surface area contributed by atoms with Crippen LogP contribution in [0.2, 0.25) is 0 Å². The van der Waals surface area contributed by atoms with Crippen molar-refractivity contribution in [2.24, 2.45) is 0 Å². The Kier molecular flexibility index (Phi) is 7.23. The number of amides is 1. The van der Waals surface area contributed by atoms with Gasteiger partial charge in [0, 0.05) is 24.7 Å². The number of likely N-dealkylation sites (N-methyl/N-ethyl adjacent to an activating group) is 1. The fourth-order valence-corrected chi connectivity index (χ4v) is 2.69. The molecule has 2 aromatic carbocycles. The van der Waals surface area contributed by atoms with Crippen molar-refractivity contribution in [3.63, 3.8) is 0 Å². The Morgan fingerprint density at radius 1 is 0.926 bits per heavy atom. The summed E-state index contributed by atoms with van der Waals surface area (Å²) in [5.74, 6) is 0.0521. The molecule has 27 heavy (non-hydrogen) atoms. The zero-order chi connectivity index (χ0) is 19.8. The van der Waals surface area contributed by atoms with Crippen molar-refractivity contribution < 1.29 is 23.8 Å². The van der Waals surface area contributed by atoms with Crippen LogP contribution in [0.5, 0.6) is 11.5 Å². The first-order valence-corrected chi connectivity index (χ1v) is 8.81. The summed E-state index contributed by atoms with van der Waals surface area (Å²) in [7, 11) is 3.00. The number of hydrogen-bond donors (Lipinski definition) is 0. The third-order valence-corrected chi connectivity index (χ3v) is 4.21. The Hall–Kier alpha value is -3.02. The number of nitrogens with zero attached hydrogens (tertiary/aromatic N) is 1. The molecule has 0 saturated carbocycles. The van der Waals surface area contributed by atoms with E-state index in [9.17, 15) is 9.59 Å². The lowest BCUT2D eigenvalue weighted by Crippen LogP contribution is -2.36. The first-order chi connectivity index (χ1) is 13.0. The van der Waals surface area contributed by atoms with Crippen LogP contribution < -0.4 is 9.47 Å². The van der Waals surface area contributed by atoms with Gasteiger partial charge in [0.2, 0.25) is 6.10 Å². The molecule has 0 bridgehead atoms. The lowest BCUT2D eigenvalue weighted by molar-refractivity contribution is -0.140. The van der Waals surface area contributed by atoms with Crippen LogP contribution in [0.3, 0.4) is 0 Å². The topological polar surface area (TPSA) is 65.1 Å². The van der Waals surface area contributed by atoms with Gasteiger partial charge in [-0.05, 0) is 26.0 Å². The number of carbonyl (C=O) groups is 2. The molecule has 0 unspecified atom stereocenters. The summed E-state index contributed by atoms with van der Waals surface area (Å²) in [5, 5.41) is 0. The van der Waals surface area contributed by atoms with Gasteiger partial charge < -0.3 is 19.1 Å². The Morgan fingerprint density at radius 3 is 1.96 bits per heavy atom. The van der Waals surface area contributed by atoms with Crippen LogP contribution >= 0.6 is 0 Å². The number of benzene rings is 2. The van der Waals surface area contributed by atoms with E-state index in [1.165, 1.54) is 14.2 Å². The van der Waals surface area contributed by atoms with Gasteiger partial charge in [-0.3, -0.25) is 4.79 Å². The van der Waals surface area contributed by atoms with Gasteiger partial charge in [0.15, 0.2) is 0 Å². The Labute approximate surface area is 159 Å². The van der Waals surface area contributed by atoms with Crippen LogP contribution in [-0.2, 0) is 9.53 Å². The summed E-state index contributed by atoms with van der Waals surface area (Å²) in [6.07, 6.45) is -1.02. The molecule has 0 radical (unpaired) electrons. The van der Waals surface area contributed by atoms with E-state index in [4.69, 9.17) is 14.2 Å². The van der Waals surface area contributed by atoms with Crippen molar-refractivity contribution >= 4 is 11.9 Å². The summed E-state index contributed by atoms with van der Waals surface area (Å²) in [6, 6.07) is 13.8. The van der Waals surface area contributed by atoms with Crippen molar-refractivity contribution in [2.75, 3.05) is 27.3 Å². The Bertz CT molecular complexity index is 749. The highest BCUT2D eigenvalue weighted by atomic mass is 16.5. The SMILES string of the molecule is CCN(CC)C(=O)[C@@H](OC(=O)c1cc(OC)cc(OC)c1)c1ccccc1. The van der Waals surface area contributed by atoms with Crippen molar-refractivity contribution in [3.8, 4) is 11.5 Å². The highest BCUT2D eigenvalue weighted by Crippen LogP contribution is 2.26. The van der Waals surface area contributed by atoms with E-state index in [0.717, 1.165) is 0 Å². The minimum atomic E-state index is -1.02. The third kappa shape index (κ3) is 5.00. The van der Waals surface area contributed by atoms with Gasteiger partial charge in [0.05, 0.1) is 19.8 Å². The molecular formula is C21H25NO5. The molecule has 0 fully saturated rings. The summed E-state index contributed by atoms with van der Waals surface area (Å²) < 4.78 is 16.0. The minimum absolute atomic E-state index is 0.250. The maximum Gasteiger partial charge on any atom is 0.339 e. The second-order valence-electron chi connectivity index (χ2n) is 5.81. The van der Waals surface area contributed by atoms with Crippen molar-refractivity contribution in [3.05, 3.63) is 59.7 Å². The Balaban J connectivity index is 2.35. The molecule has 0 aromatic heterocycles. The molecule has 6 nitrogen and oxygen atoms in total. The van der Waals surface area contributed by atoms with E-state index < -0.39 is 12.1 Å². The second-order valence-corrected chi connectivity index (χ2v) is 5.81. The van der Waals surface area contributed by atoms with Crippen molar-refractivity contribution in [1.29, 1.82) is 0 Å². The standard InChI is InChI=1S/C21H25NO5/c1-5-22(6-2)20(23)19(15-10-8-7-9-11-15)27-21(24)16-12-17(25-3)14-18(13-16)26-4/h7-14,19H,5-6H2,1-4H3/t19-/m0/s1. The molecule has 1 amide bonds. The zero-order valence-electron chi connectivity index (χ0n) is 16.1. The number of ether oxygens (including phenoxy) is 3. The van der Waals surface area contributed by atoms with E-state index in [2.05, 4.69) is 0 Å². The summed E-state index contributed by atoms with van der Waals surface area (Å²) >= 11 is 0. The Morgan fingerprint density at radius 2 is 1.48 bits per heavy atom. The number of esters is 1. The van der Waals surface area contributed by atoms with Crippen LogP contribution in [0.15, 0.2) is 48.5 Å². The average Bonchev–Trinajstić information content (AvgIpc) is 2.72. The first kappa shape index (κ1) is 20.3. The number of rotatable bonds is 8. The highest BCUT2D eigenvalue weighted by molar-refractivity contribution is 5.93. The first-order valence-electron chi connectivity index (χ1n) is 8.81. The van der Waals surface area contributed by atoms with E-state index >= 15 is 0 Å². The fraction of sp³-hybridized carbons (Fsp3) is 0.333. The van der Waals surface area contributed by atoms with E-state index in [-0.39, 0.29) is 11.5 Å². The molecule has 0 aliphatic carbocycles. The van der Waals surface area contributed by atoms with E-state index in [0.29, 0.717) is 30.2 Å². The molecule has 6 heteroatoms. The number of hydrogen-bond acceptors (Lipinski definition) is 5. The van der Waals surface area contributed by atoms with Crippen LogP contribution in [-0.4, -0.2) is 44.1 Å². The molecule has 0 aliphatic heterocycles. The predicted molar refractivity (Wildman–Crippen MR) is 102 cm³/mol. The molecule has 2 aromatic rings. The zero-order valence-corrected chi connectivity index (χ0v) is 16.1. The molecule has 0 saturated heterocycles. The summed E-state index contributed by atoms with van der Waals surface area (Å²) in [5.41, 5.74) is 0.872. The van der Waals surface area contributed by atoms with Gasteiger partial charge in [0.1, 0.15) is 11.5 Å². The summed E-state index contributed by atoms with van der Waals surface area (Å²) in [6.45, 7) is 4.84. The lowest BCUT2D eigenvalue weighted by atomic mass is 10.1. The van der Waals surface area contributed by atoms with Crippen LogP contribution in [0.1, 0.15) is 35.9 Å². The summed E-state index contributed by atoms with van der Waals surface area (Å²) in [4.78, 5) is 27.3. The fourth-order valence-electron chi connectivity index (χ4n) is 2.69. The van der Waals surface area contributed by atoms with E-state index in [1.807, 2.05) is 19.9 Å². The molecule has 0 N–H and O–H groups in total. The van der Waals surface area contributed by atoms with Crippen LogP contribution in [0.25, 0.3) is 0 Å². The molecular weight excluding hydrogens is 346 g/mol. The highest BCUT2D eigenvalue weighted by Gasteiger charge is 2.29. The largest absolute Gasteiger partial charge is 0.497 e. The van der Waals surface area contributed by atoms with E-state index in [1.54, 1.807) is 47.4 Å². The van der Waals surface area contributed by atoms with Gasteiger partial charge in [-0.2, -0.15) is 0 Å². The van der Waals surface area contributed by atoms with Gasteiger partial charge in [-0.15, -0.1) is 0 Å². The predicted octanol–water partition coefficient (Wildman–Crippen LogP) is 3.47. The monoisotopic (exact) mass is 371 g/mol. The smallest absolute Gasteiger partial charge is 0.339 e. The van der Waals surface area contributed by atoms with Gasteiger partial charge >= 0.3 is 5.97 Å². The van der Waals surface area contributed by atoms with Crippen molar-refractivity contribution in [2.45, 2.75) is 20.0 Å². The lowest BCUT2D eigenvalue weighted by Gasteiger charge is -2.25. The average molecular weight is 371 g/mol. The second kappa shape index (κ2) is 9.62. The van der Waals surface area contributed by atoms with Crippen molar-refractivity contribution in [1.82, 2.24) is 4.90 Å². The molecule has 144 valence electrons. The molecule has 0 heterocycles. The quantitative estimate of drug-likeness (QED) is 0.665.